The third kappa shape index (κ3) is 2.05. The van der Waals surface area contributed by atoms with Crippen molar-refractivity contribution >= 4 is 16.9 Å². The van der Waals surface area contributed by atoms with E-state index < -0.39 is 11.4 Å². The Morgan fingerprint density at radius 1 is 1.41 bits per heavy atom. The van der Waals surface area contributed by atoms with Crippen LogP contribution in [0, 0.1) is 12.3 Å². The van der Waals surface area contributed by atoms with Crippen LogP contribution < -0.4 is 0 Å². The molecule has 3 heteroatoms. The van der Waals surface area contributed by atoms with Gasteiger partial charge in [0.25, 0.3) is 0 Å². The first kappa shape index (κ1) is 11.7. The minimum atomic E-state index is -0.766. The number of H-pyrrole nitrogens is 1. The molecule has 0 radical (unpaired) electrons. The minimum Gasteiger partial charge on any atom is -0.481 e. The fourth-order valence-corrected chi connectivity index (χ4v) is 2.06. The van der Waals surface area contributed by atoms with Crippen LogP contribution in [0.25, 0.3) is 10.9 Å². The Labute approximate surface area is 100 Å². The van der Waals surface area contributed by atoms with Crippen molar-refractivity contribution in [3.8, 4) is 0 Å². The van der Waals surface area contributed by atoms with Crippen LogP contribution in [0.1, 0.15) is 25.0 Å². The molecule has 0 aliphatic heterocycles. The van der Waals surface area contributed by atoms with Crippen LogP contribution in [0.3, 0.4) is 0 Å². The normalized spacial score (nSPS) is 11.9. The van der Waals surface area contributed by atoms with Crippen LogP contribution in [0.15, 0.2) is 24.4 Å². The number of hydrogen-bond donors (Lipinski definition) is 2. The van der Waals surface area contributed by atoms with E-state index in [1.54, 1.807) is 13.8 Å². The Hall–Kier alpha value is -1.77. The fourth-order valence-electron chi connectivity index (χ4n) is 2.06. The molecule has 0 bridgehead atoms. The molecule has 0 saturated heterocycles. The van der Waals surface area contributed by atoms with Crippen molar-refractivity contribution in [1.29, 1.82) is 0 Å². The number of aromatic nitrogens is 1. The molecule has 0 aliphatic carbocycles. The van der Waals surface area contributed by atoms with E-state index in [9.17, 15) is 4.79 Å². The predicted molar refractivity (Wildman–Crippen MR) is 68.2 cm³/mol. The summed E-state index contributed by atoms with van der Waals surface area (Å²) in [4.78, 5) is 14.4. The monoisotopic (exact) mass is 231 g/mol. The van der Waals surface area contributed by atoms with Crippen molar-refractivity contribution in [3.63, 3.8) is 0 Å². The van der Waals surface area contributed by atoms with Gasteiger partial charge in [0.1, 0.15) is 0 Å². The number of hydrogen-bond acceptors (Lipinski definition) is 1. The zero-order chi connectivity index (χ0) is 12.6. The zero-order valence-corrected chi connectivity index (χ0v) is 10.4. The molecule has 0 amide bonds. The van der Waals surface area contributed by atoms with Crippen molar-refractivity contribution in [1.82, 2.24) is 4.98 Å². The zero-order valence-electron chi connectivity index (χ0n) is 10.4. The Balaban J connectivity index is 2.46. The number of benzene rings is 1. The summed E-state index contributed by atoms with van der Waals surface area (Å²) in [5.41, 5.74) is 2.56. The number of para-hydroxylation sites is 1. The summed E-state index contributed by atoms with van der Waals surface area (Å²) >= 11 is 0. The molecule has 2 aromatic rings. The second-order valence-corrected chi connectivity index (χ2v) is 5.18. The number of aromatic amines is 1. The van der Waals surface area contributed by atoms with Gasteiger partial charge < -0.3 is 10.1 Å². The summed E-state index contributed by atoms with van der Waals surface area (Å²) in [6.07, 6.45) is 2.49. The SMILES string of the molecule is Cc1c[nH]c2c(CC(C)(C)C(=O)O)cccc12. The lowest BCUT2D eigenvalue weighted by molar-refractivity contribution is -0.146. The molecule has 3 nitrogen and oxygen atoms in total. The summed E-state index contributed by atoms with van der Waals surface area (Å²) in [6.45, 7) is 5.55. The average molecular weight is 231 g/mol. The molecule has 0 fully saturated rings. The molecule has 1 aromatic heterocycles. The molecule has 0 aliphatic rings. The van der Waals surface area contributed by atoms with E-state index in [1.807, 2.05) is 25.3 Å². The van der Waals surface area contributed by atoms with E-state index in [1.165, 1.54) is 10.9 Å². The third-order valence-corrected chi connectivity index (χ3v) is 3.22. The molecular weight excluding hydrogens is 214 g/mol. The maximum atomic E-state index is 11.2. The van der Waals surface area contributed by atoms with Crippen molar-refractivity contribution in [2.75, 3.05) is 0 Å². The Kier molecular flexibility index (Phi) is 2.69. The molecule has 1 aromatic carbocycles. The number of carboxylic acid groups (broad SMARTS) is 1. The summed E-state index contributed by atoms with van der Waals surface area (Å²) in [5.74, 6) is -0.766. The summed E-state index contributed by atoms with van der Waals surface area (Å²) < 4.78 is 0. The van der Waals surface area contributed by atoms with E-state index >= 15 is 0 Å². The highest BCUT2D eigenvalue weighted by atomic mass is 16.4. The van der Waals surface area contributed by atoms with Crippen molar-refractivity contribution in [3.05, 3.63) is 35.5 Å². The van der Waals surface area contributed by atoms with Gasteiger partial charge in [-0.05, 0) is 38.3 Å². The number of rotatable bonds is 3. The smallest absolute Gasteiger partial charge is 0.309 e. The molecule has 2 rings (SSSR count). The van der Waals surface area contributed by atoms with Crippen molar-refractivity contribution in [2.24, 2.45) is 5.41 Å². The van der Waals surface area contributed by atoms with Crippen molar-refractivity contribution < 1.29 is 9.90 Å². The minimum absolute atomic E-state index is 0.527. The number of aliphatic carboxylic acids is 1. The van der Waals surface area contributed by atoms with Gasteiger partial charge in [-0.3, -0.25) is 4.79 Å². The van der Waals surface area contributed by atoms with Gasteiger partial charge in [-0.2, -0.15) is 0 Å². The molecule has 90 valence electrons. The van der Waals surface area contributed by atoms with Crippen LogP contribution in [-0.4, -0.2) is 16.1 Å². The Morgan fingerprint density at radius 3 is 2.76 bits per heavy atom. The van der Waals surface area contributed by atoms with Gasteiger partial charge in [-0.15, -0.1) is 0 Å². The van der Waals surface area contributed by atoms with Gasteiger partial charge in [0.2, 0.25) is 0 Å². The standard InChI is InChI=1S/C14H17NO2/c1-9-8-15-12-10(5-4-6-11(9)12)7-14(2,3)13(16)17/h4-6,8,15H,7H2,1-3H3,(H,16,17). The van der Waals surface area contributed by atoms with Gasteiger partial charge in [0, 0.05) is 17.1 Å². The fraction of sp³-hybridized carbons (Fsp3) is 0.357. The highest BCUT2D eigenvalue weighted by Gasteiger charge is 2.28. The van der Waals surface area contributed by atoms with Gasteiger partial charge in [0.05, 0.1) is 5.41 Å². The lowest BCUT2D eigenvalue weighted by Gasteiger charge is -2.19. The summed E-state index contributed by atoms with van der Waals surface area (Å²) in [6, 6.07) is 6.03. The molecule has 17 heavy (non-hydrogen) atoms. The molecular formula is C14H17NO2. The average Bonchev–Trinajstić information content (AvgIpc) is 2.61. The van der Waals surface area contributed by atoms with Crippen LogP contribution >= 0.6 is 0 Å². The second kappa shape index (κ2) is 3.91. The first-order valence-electron chi connectivity index (χ1n) is 5.71. The molecule has 0 saturated carbocycles. The highest BCUT2D eigenvalue weighted by Crippen LogP contribution is 2.28. The lowest BCUT2D eigenvalue weighted by Crippen LogP contribution is -2.26. The van der Waals surface area contributed by atoms with E-state index in [4.69, 9.17) is 5.11 Å². The van der Waals surface area contributed by atoms with E-state index in [0.29, 0.717) is 6.42 Å². The van der Waals surface area contributed by atoms with Crippen LogP contribution in [0.2, 0.25) is 0 Å². The Bertz CT molecular complexity index is 567. The Morgan fingerprint density at radius 2 is 2.12 bits per heavy atom. The van der Waals surface area contributed by atoms with E-state index in [2.05, 4.69) is 11.1 Å². The van der Waals surface area contributed by atoms with Crippen LogP contribution in [0.5, 0.6) is 0 Å². The van der Waals surface area contributed by atoms with Gasteiger partial charge in [-0.25, -0.2) is 0 Å². The maximum absolute atomic E-state index is 11.2. The second-order valence-electron chi connectivity index (χ2n) is 5.18. The predicted octanol–water partition coefficient (Wildman–Crippen LogP) is 3.13. The number of carbonyl (C=O) groups is 1. The first-order valence-corrected chi connectivity index (χ1v) is 5.71. The topological polar surface area (TPSA) is 53.1 Å². The molecule has 0 atom stereocenters. The lowest BCUT2D eigenvalue weighted by atomic mass is 9.85. The van der Waals surface area contributed by atoms with Crippen LogP contribution in [-0.2, 0) is 11.2 Å². The van der Waals surface area contributed by atoms with Gasteiger partial charge in [0.15, 0.2) is 0 Å². The molecule has 2 N–H and O–H groups in total. The quantitative estimate of drug-likeness (QED) is 0.852. The maximum Gasteiger partial charge on any atom is 0.309 e. The number of carboxylic acids is 1. The third-order valence-electron chi connectivity index (χ3n) is 3.22. The van der Waals surface area contributed by atoms with E-state index in [-0.39, 0.29) is 0 Å². The highest BCUT2D eigenvalue weighted by molar-refractivity contribution is 5.86. The molecule has 0 unspecified atom stereocenters. The number of nitrogens with one attached hydrogen (secondary N) is 1. The largest absolute Gasteiger partial charge is 0.481 e. The summed E-state index contributed by atoms with van der Waals surface area (Å²) in [5, 5.41) is 10.3. The van der Waals surface area contributed by atoms with Gasteiger partial charge in [-0.1, -0.05) is 18.2 Å². The number of fused-ring (bicyclic) bond motifs is 1. The summed E-state index contributed by atoms with van der Waals surface area (Å²) in [7, 11) is 0. The van der Waals surface area contributed by atoms with Gasteiger partial charge >= 0.3 is 5.97 Å². The van der Waals surface area contributed by atoms with Crippen LogP contribution in [0.4, 0.5) is 0 Å². The molecule has 1 heterocycles. The van der Waals surface area contributed by atoms with E-state index in [0.717, 1.165) is 11.1 Å². The first-order chi connectivity index (χ1) is 7.92. The van der Waals surface area contributed by atoms with Crippen molar-refractivity contribution in [2.45, 2.75) is 27.2 Å². The number of aryl methyl sites for hydroxylation is 1. The molecule has 0 spiro atoms.